The molecule has 178 valence electrons. The highest BCUT2D eigenvalue weighted by atomic mass is 32.2. The predicted octanol–water partition coefficient (Wildman–Crippen LogP) is 3.43. The minimum Gasteiger partial charge on any atom is -0.478 e. The van der Waals surface area contributed by atoms with Crippen LogP contribution in [0, 0.1) is 11.7 Å². The number of hydrogen-bond donors (Lipinski definition) is 3. The Kier molecular flexibility index (Phi) is 8.36. The molecular formula is C23H24FN5O4S. The van der Waals surface area contributed by atoms with Crippen LogP contribution in [-0.4, -0.2) is 43.4 Å². The van der Waals surface area contributed by atoms with Crippen LogP contribution in [0.3, 0.4) is 0 Å². The number of anilines is 1. The molecule has 0 bridgehead atoms. The van der Waals surface area contributed by atoms with Gasteiger partial charge in [-0.2, -0.15) is 0 Å². The van der Waals surface area contributed by atoms with Crippen molar-refractivity contribution in [3.05, 3.63) is 71.3 Å². The Labute approximate surface area is 199 Å². The zero-order chi connectivity index (χ0) is 24.7. The quantitative estimate of drug-likeness (QED) is 0.376. The second-order valence-electron chi connectivity index (χ2n) is 7.79. The van der Waals surface area contributed by atoms with Crippen molar-refractivity contribution in [3.8, 4) is 0 Å². The van der Waals surface area contributed by atoms with Crippen molar-refractivity contribution in [1.82, 2.24) is 20.1 Å². The van der Waals surface area contributed by atoms with Crippen LogP contribution in [0.25, 0.3) is 0 Å². The van der Waals surface area contributed by atoms with Gasteiger partial charge in [0.2, 0.25) is 5.91 Å². The molecule has 0 spiro atoms. The lowest BCUT2D eigenvalue weighted by Gasteiger charge is -2.13. The van der Waals surface area contributed by atoms with Gasteiger partial charge in [-0.15, -0.1) is 10.2 Å². The molecular weight excluding hydrogens is 461 g/mol. The minimum absolute atomic E-state index is 0.0229. The third-order valence-corrected chi connectivity index (χ3v) is 5.56. The molecule has 2 amide bonds. The number of thioether (sulfide) groups is 1. The zero-order valence-corrected chi connectivity index (χ0v) is 19.4. The lowest BCUT2D eigenvalue weighted by atomic mass is 10.2. The number of carboxylic acids is 1. The average Bonchev–Trinajstić information content (AvgIpc) is 3.17. The molecule has 3 rings (SSSR count). The molecule has 0 aliphatic carbocycles. The molecule has 3 N–H and O–H groups in total. The van der Waals surface area contributed by atoms with E-state index in [2.05, 4.69) is 20.8 Å². The van der Waals surface area contributed by atoms with E-state index in [1.54, 1.807) is 18.2 Å². The number of carbonyl (C=O) groups is 3. The van der Waals surface area contributed by atoms with Gasteiger partial charge >= 0.3 is 5.97 Å². The van der Waals surface area contributed by atoms with E-state index in [4.69, 9.17) is 5.11 Å². The number of hydrogen-bond acceptors (Lipinski definition) is 6. The van der Waals surface area contributed by atoms with Gasteiger partial charge in [0.25, 0.3) is 5.91 Å². The average molecular weight is 486 g/mol. The number of halogens is 1. The largest absolute Gasteiger partial charge is 0.478 e. The van der Waals surface area contributed by atoms with E-state index in [0.29, 0.717) is 23.2 Å². The summed E-state index contributed by atoms with van der Waals surface area (Å²) in [5.74, 6) is -1.84. The molecule has 0 aliphatic rings. The first-order chi connectivity index (χ1) is 16.2. The first-order valence-electron chi connectivity index (χ1n) is 10.5. The second-order valence-corrected chi connectivity index (χ2v) is 8.73. The van der Waals surface area contributed by atoms with Gasteiger partial charge < -0.3 is 20.3 Å². The SMILES string of the molecule is CC(C)Cn1c(CNC(=O)c2ccccc2F)nnc1SCC(=O)Nc1cccc(C(=O)O)c1. The molecule has 1 aromatic heterocycles. The number of aromatic nitrogens is 3. The van der Waals surface area contributed by atoms with E-state index < -0.39 is 17.7 Å². The number of benzene rings is 2. The molecule has 11 heteroatoms. The molecule has 0 saturated heterocycles. The Morgan fingerprint density at radius 1 is 1.12 bits per heavy atom. The highest BCUT2D eigenvalue weighted by Gasteiger charge is 2.17. The molecule has 0 radical (unpaired) electrons. The maximum atomic E-state index is 13.9. The van der Waals surface area contributed by atoms with Gasteiger partial charge in [0, 0.05) is 12.2 Å². The van der Waals surface area contributed by atoms with Crippen LogP contribution in [0.1, 0.15) is 40.4 Å². The molecule has 0 saturated carbocycles. The summed E-state index contributed by atoms with van der Waals surface area (Å²) in [4.78, 5) is 35.8. The van der Waals surface area contributed by atoms with Crippen LogP contribution in [0.2, 0.25) is 0 Å². The van der Waals surface area contributed by atoms with Crippen LogP contribution in [0.5, 0.6) is 0 Å². The number of carboxylic acid groups (broad SMARTS) is 1. The van der Waals surface area contributed by atoms with E-state index in [9.17, 15) is 18.8 Å². The highest BCUT2D eigenvalue weighted by Crippen LogP contribution is 2.20. The second kappa shape index (κ2) is 11.4. The standard InChI is InChI=1S/C23H24FN5O4S/c1-14(2)12-29-19(11-25-21(31)17-8-3-4-9-18(17)24)27-28-23(29)34-13-20(30)26-16-7-5-6-15(10-16)22(32)33/h3-10,14H,11-13H2,1-2H3,(H,25,31)(H,26,30)(H,32,33). The topological polar surface area (TPSA) is 126 Å². The fourth-order valence-electron chi connectivity index (χ4n) is 3.06. The van der Waals surface area contributed by atoms with Gasteiger partial charge in [-0.25, -0.2) is 9.18 Å². The highest BCUT2D eigenvalue weighted by molar-refractivity contribution is 7.99. The van der Waals surface area contributed by atoms with E-state index in [-0.39, 0.29) is 35.2 Å². The molecule has 3 aromatic rings. The van der Waals surface area contributed by atoms with E-state index in [1.165, 1.54) is 42.1 Å². The van der Waals surface area contributed by atoms with Crippen LogP contribution in [0.4, 0.5) is 10.1 Å². The molecule has 1 heterocycles. The third kappa shape index (κ3) is 6.64. The number of amides is 2. The fraction of sp³-hybridized carbons (Fsp3) is 0.261. The minimum atomic E-state index is -1.08. The van der Waals surface area contributed by atoms with Gasteiger partial charge in [0.05, 0.1) is 23.4 Å². The molecule has 9 nitrogen and oxygen atoms in total. The van der Waals surface area contributed by atoms with Crippen molar-refractivity contribution < 1.29 is 23.9 Å². The maximum Gasteiger partial charge on any atom is 0.335 e. The molecule has 0 atom stereocenters. The van der Waals surface area contributed by atoms with E-state index >= 15 is 0 Å². The molecule has 34 heavy (non-hydrogen) atoms. The molecule has 2 aromatic carbocycles. The van der Waals surface area contributed by atoms with Crippen molar-refractivity contribution in [3.63, 3.8) is 0 Å². The van der Waals surface area contributed by atoms with Crippen molar-refractivity contribution in [2.45, 2.75) is 32.1 Å². The molecule has 0 fully saturated rings. The first-order valence-corrected chi connectivity index (χ1v) is 11.4. The van der Waals surface area contributed by atoms with Gasteiger partial charge in [-0.1, -0.05) is 43.8 Å². The third-order valence-electron chi connectivity index (χ3n) is 4.59. The van der Waals surface area contributed by atoms with Crippen molar-refractivity contribution in [1.29, 1.82) is 0 Å². The monoisotopic (exact) mass is 485 g/mol. The summed E-state index contributed by atoms with van der Waals surface area (Å²) >= 11 is 1.17. The first kappa shape index (κ1) is 24.9. The summed E-state index contributed by atoms with van der Waals surface area (Å²) in [5.41, 5.74) is 0.394. The summed E-state index contributed by atoms with van der Waals surface area (Å²) in [5, 5.41) is 23.2. The van der Waals surface area contributed by atoms with Crippen LogP contribution >= 0.6 is 11.8 Å². The molecule has 0 unspecified atom stereocenters. The number of carbonyl (C=O) groups excluding carboxylic acids is 2. The number of nitrogens with zero attached hydrogens (tertiary/aromatic N) is 3. The number of nitrogens with one attached hydrogen (secondary N) is 2. The summed E-state index contributed by atoms with van der Waals surface area (Å²) in [7, 11) is 0. The van der Waals surface area contributed by atoms with E-state index in [0.717, 1.165) is 0 Å². The van der Waals surface area contributed by atoms with Gasteiger partial charge in [-0.3, -0.25) is 9.59 Å². The smallest absolute Gasteiger partial charge is 0.335 e. The number of rotatable bonds is 10. The summed E-state index contributed by atoms with van der Waals surface area (Å²) in [6, 6.07) is 11.7. The molecule has 0 aliphatic heterocycles. The maximum absolute atomic E-state index is 13.9. The Hall–Kier alpha value is -3.73. The Morgan fingerprint density at radius 3 is 2.59 bits per heavy atom. The Balaban J connectivity index is 1.64. The lowest BCUT2D eigenvalue weighted by molar-refractivity contribution is -0.113. The fourth-order valence-corrected chi connectivity index (χ4v) is 3.83. The summed E-state index contributed by atoms with van der Waals surface area (Å²) in [6.45, 7) is 4.63. The van der Waals surface area contributed by atoms with Crippen LogP contribution in [-0.2, 0) is 17.9 Å². The van der Waals surface area contributed by atoms with E-state index in [1.807, 2.05) is 18.4 Å². The lowest BCUT2D eigenvalue weighted by Crippen LogP contribution is -2.26. The van der Waals surface area contributed by atoms with Gasteiger partial charge in [0.15, 0.2) is 11.0 Å². The summed E-state index contributed by atoms with van der Waals surface area (Å²) in [6.07, 6.45) is 0. The summed E-state index contributed by atoms with van der Waals surface area (Å²) < 4.78 is 15.7. The van der Waals surface area contributed by atoms with Crippen molar-refractivity contribution in [2.24, 2.45) is 5.92 Å². The van der Waals surface area contributed by atoms with Gasteiger partial charge in [-0.05, 0) is 36.2 Å². The van der Waals surface area contributed by atoms with Crippen molar-refractivity contribution >= 4 is 35.2 Å². The Bertz CT molecular complexity index is 1200. The number of aromatic carboxylic acids is 1. The predicted molar refractivity (Wildman–Crippen MR) is 125 cm³/mol. The van der Waals surface area contributed by atoms with Crippen LogP contribution in [0.15, 0.2) is 53.7 Å². The Morgan fingerprint density at radius 2 is 1.88 bits per heavy atom. The zero-order valence-electron chi connectivity index (χ0n) is 18.6. The van der Waals surface area contributed by atoms with Gasteiger partial charge in [0.1, 0.15) is 5.82 Å². The van der Waals surface area contributed by atoms with Crippen molar-refractivity contribution in [2.75, 3.05) is 11.1 Å². The normalized spacial score (nSPS) is 10.8. The van der Waals surface area contributed by atoms with Crippen LogP contribution < -0.4 is 10.6 Å².